The molecule has 0 atom stereocenters. The molecule has 0 bridgehead atoms. The summed E-state index contributed by atoms with van der Waals surface area (Å²) >= 11 is 0. The molecule has 0 unspecified atom stereocenters. The molecule has 1 aromatic rings. The predicted molar refractivity (Wildman–Crippen MR) is 79.4 cm³/mol. The molecule has 1 saturated carbocycles. The lowest BCUT2D eigenvalue weighted by atomic mass is 9.85. The van der Waals surface area contributed by atoms with E-state index < -0.39 is 5.60 Å². The van der Waals surface area contributed by atoms with Crippen molar-refractivity contribution < 1.29 is 9.90 Å². The Morgan fingerprint density at radius 1 is 1.35 bits per heavy atom. The van der Waals surface area contributed by atoms with Crippen molar-refractivity contribution in [3.63, 3.8) is 0 Å². The summed E-state index contributed by atoms with van der Waals surface area (Å²) in [6.07, 6.45) is 10.0. The summed E-state index contributed by atoms with van der Waals surface area (Å²) in [7, 11) is 0. The minimum Gasteiger partial charge on any atom is -0.388 e. The van der Waals surface area contributed by atoms with E-state index in [1.54, 1.807) is 24.3 Å². The van der Waals surface area contributed by atoms with Gasteiger partial charge in [-0.25, -0.2) is 4.79 Å². The molecule has 4 heteroatoms. The van der Waals surface area contributed by atoms with E-state index in [9.17, 15) is 9.90 Å². The minimum absolute atomic E-state index is 0.285. The minimum atomic E-state index is -0.754. The van der Waals surface area contributed by atoms with Gasteiger partial charge in [0.25, 0.3) is 0 Å². The number of urea groups is 1. The van der Waals surface area contributed by atoms with Gasteiger partial charge in [-0.05, 0) is 31.0 Å². The largest absolute Gasteiger partial charge is 0.388 e. The molecule has 1 aliphatic rings. The molecule has 106 valence electrons. The maximum atomic E-state index is 11.8. The third-order valence-electron chi connectivity index (χ3n) is 3.65. The molecular weight excluding hydrogens is 252 g/mol. The van der Waals surface area contributed by atoms with Crippen molar-refractivity contribution in [1.29, 1.82) is 0 Å². The quantitative estimate of drug-likeness (QED) is 0.740. The maximum Gasteiger partial charge on any atom is 0.319 e. The van der Waals surface area contributed by atoms with Crippen LogP contribution in [0, 0.1) is 12.3 Å². The van der Waals surface area contributed by atoms with Gasteiger partial charge in [-0.3, -0.25) is 0 Å². The number of carbonyl (C=O) groups excluding carboxylic acids is 1. The molecule has 0 saturated heterocycles. The van der Waals surface area contributed by atoms with Crippen molar-refractivity contribution in [2.45, 2.75) is 37.7 Å². The fraction of sp³-hybridized carbons (Fsp3) is 0.438. The Morgan fingerprint density at radius 3 is 2.80 bits per heavy atom. The van der Waals surface area contributed by atoms with Gasteiger partial charge in [-0.15, -0.1) is 6.42 Å². The van der Waals surface area contributed by atoms with Crippen LogP contribution in [-0.2, 0) is 0 Å². The summed E-state index contributed by atoms with van der Waals surface area (Å²) < 4.78 is 0. The van der Waals surface area contributed by atoms with Gasteiger partial charge in [0.1, 0.15) is 0 Å². The van der Waals surface area contributed by atoms with E-state index >= 15 is 0 Å². The van der Waals surface area contributed by atoms with Crippen LogP contribution in [0.15, 0.2) is 24.3 Å². The molecule has 20 heavy (non-hydrogen) atoms. The van der Waals surface area contributed by atoms with Crippen LogP contribution >= 0.6 is 0 Å². The average molecular weight is 272 g/mol. The summed E-state index contributed by atoms with van der Waals surface area (Å²) in [5.41, 5.74) is 0.610. The Kier molecular flexibility index (Phi) is 4.65. The third kappa shape index (κ3) is 4.01. The zero-order valence-corrected chi connectivity index (χ0v) is 11.5. The number of hydrogen-bond acceptors (Lipinski definition) is 2. The van der Waals surface area contributed by atoms with Crippen LogP contribution < -0.4 is 10.6 Å². The Balaban J connectivity index is 1.84. The zero-order valence-electron chi connectivity index (χ0n) is 11.5. The third-order valence-corrected chi connectivity index (χ3v) is 3.65. The number of benzene rings is 1. The number of anilines is 1. The van der Waals surface area contributed by atoms with Gasteiger partial charge < -0.3 is 15.7 Å². The standard InChI is InChI=1S/C16H20N2O2/c1-2-13-7-6-8-14(11-13)18-15(19)17-12-16(20)9-4-3-5-10-16/h1,6-8,11,20H,3-5,9-10,12H2,(H2,17,18,19). The predicted octanol–water partition coefficient (Wildman–Crippen LogP) is 2.48. The second-order valence-electron chi connectivity index (χ2n) is 5.32. The van der Waals surface area contributed by atoms with E-state index in [0.29, 0.717) is 11.3 Å². The van der Waals surface area contributed by atoms with Gasteiger partial charge in [0.2, 0.25) is 0 Å². The van der Waals surface area contributed by atoms with Crippen LogP contribution in [0.25, 0.3) is 0 Å². The summed E-state index contributed by atoms with van der Waals surface area (Å²) in [5.74, 6) is 2.52. The Hall–Kier alpha value is -1.99. The molecule has 2 amide bonds. The molecule has 0 spiro atoms. The Bertz CT molecular complexity index is 513. The molecule has 1 fully saturated rings. The van der Waals surface area contributed by atoms with E-state index in [-0.39, 0.29) is 12.6 Å². The van der Waals surface area contributed by atoms with Crippen LogP contribution in [0.4, 0.5) is 10.5 Å². The number of nitrogens with one attached hydrogen (secondary N) is 2. The second kappa shape index (κ2) is 6.44. The molecule has 2 rings (SSSR count). The van der Waals surface area contributed by atoms with Gasteiger partial charge in [0, 0.05) is 17.8 Å². The highest BCUT2D eigenvalue weighted by Gasteiger charge is 2.29. The van der Waals surface area contributed by atoms with E-state index in [2.05, 4.69) is 16.6 Å². The highest BCUT2D eigenvalue weighted by Crippen LogP contribution is 2.27. The van der Waals surface area contributed by atoms with Gasteiger partial charge in [0.15, 0.2) is 0 Å². The first-order chi connectivity index (χ1) is 9.61. The van der Waals surface area contributed by atoms with E-state index in [1.807, 2.05) is 0 Å². The van der Waals surface area contributed by atoms with Crippen molar-refractivity contribution in [3.05, 3.63) is 29.8 Å². The number of terminal acetylenes is 1. The Labute approximate surface area is 119 Å². The molecular formula is C16H20N2O2. The normalized spacial score (nSPS) is 17.0. The monoisotopic (exact) mass is 272 g/mol. The summed E-state index contributed by atoms with van der Waals surface area (Å²) in [6, 6.07) is 6.77. The van der Waals surface area contributed by atoms with Crippen molar-refractivity contribution in [1.82, 2.24) is 5.32 Å². The summed E-state index contributed by atoms with van der Waals surface area (Å²) in [5, 5.41) is 15.7. The van der Waals surface area contributed by atoms with E-state index in [1.165, 1.54) is 0 Å². The number of hydrogen-bond donors (Lipinski definition) is 3. The second-order valence-corrected chi connectivity index (χ2v) is 5.32. The molecule has 1 aromatic carbocycles. The van der Waals surface area contributed by atoms with Crippen LogP contribution in [0.5, 0.6) is 0 Å². The van der Waals surface area contributed by atoms with E-state index in [4.69, 9.17) is 6.42 Å². The number of rotatable bonds is 3. The van der Waals surface area contributed by atoms with Gasteiger partial charge in [0.05, 0.1) is 5.60 Å². The molecule has 0 aliphatic heterocycles. The first-order valence-corrected chi connectivity index (χ1v) is 6.95. The SMILES string of the molecule is C#Cc1cccc(NC(=O)NCC2(O)CCCCC2)c1. The maximum absolute atomic E-state index is 11.8. The van der Waals surface area contributed by atoms with Crippen LogP contribution in [0.1, 0.15) is 37.7 Å². The van der Waals surface area contributed by atoms with Gasteiger partial charge in [-0.1, -0.05) is 31.2 Å². The van der Waals surface area contributed by atoms with Crippen molar-refractivity contribution in [2.75, 3.05) is 11.9 Å². The summed E-state index contributed by atoms with van der Waals surface area (Å²) in [4.78, 5) is 11.8. The first-order valence-electron chi connectivity index (χ1n) is 6.95. The van der Waals surface area contributed by atoms with Crippen LogP contribution in [0.2, 0.25) is 0 Å². The van der Waals surface area contributed by atoms with Crippen molar-refractivity contribution in [3.8, 4) is 12.3 Å². The van der Waals surface area contributed by atoms with Crippen LogP contribution in [0.3, 0.4) is 0 Å². The first kappa shape index (κ1) is 14.4. The molecule has 4 nitrogen and oxygen atoms in total. The fourth-order valence-electron chi connectivity index (χ4n) is 2.49. The molecule has 0 radical (unpaired) electrons. The fourth-order valence-corrected chi connectivity index (χ4v) is 2.49. The average Bonchev–Trinajstić information content (AvgIpc) is 2.46. The lowest BCUT2D eigenvalue weighted by Gasteiger charge is -2.32. The lowest BCUT2D eigenvalue weighted by Crippen LogP contribution is -2.45. The van der Waals surface area contributed by atoms with Crippen molar-refractivity contribution in [2.24, 2.45) is 0 Å². The number of carbonyl (C=O) groups is 1. The van der Waals surface area contributed by atoms with E-state index in [0.717, 1.165) is 32.1 Å². The molecule has 1 aliphatic carbocycles. The highest BCUT2D eigenvalue weighted by atomic mass is 16.3. The molecule has 0 aromatic heterocycles. The Morgan fingerprint density at radius 2 is 2.10 bits per heavy atom. The zero-order chi connectivity index (χ0) is 14.4. The van der Waals surface area contributed by atoms with Crippen LogP contribution in [-0.4, -0.2) is 23.3 Å². The topological polar surface area (TPSA) is 61.4 Å². The van der Waals surface area contributed by atoms with Crippen molar-refractivity contribution >= 4 is 11.7 Å². The molecule has 0 heterocycles. The molecule has 3 N–H and O–H groups in total. The van der Waals surface area contributed by atoms with Gasteiger partial charge in [-0.2, -0.15) is 0 Å². The number of amides is 2. The highest BCUT2D eigenvalue weighted by molar-refractivity contribution is 5.89. The van der Waals surface area contributed by atoms with Gasteiger partial charge >= 0.3 is 6.03 Å². The summed E-state index contributed by atoms with van der Waals surface area (Å²) in [6.45, 7) is 0.285. The lowest BCUT2D eigenvalue weighted by molar-refractivity contribution is 0.00755. The smallest absolute Gasteiger partial charge is 0.319 e. The number of aliphatic hydroxyl groups is 1.